The average molecular weight is 357 g/mol. The number of sulfone groups is 1. The van der Waals surface area contributed by atoms with Gasteiger partial charge in [-0.25, -0.2) is 18.1 Å². The maximum absolute atomic E-state index is 12.9. The Hall–Kier alpha value is -1.15. The van der Waals surface area contributed by atoms with Crippen molar-refractivity contribution in [3.05, 3.63) is 0 Å². The first-order valence-corrected chi connectivity index (χ1v) is 10.7. The van der Waals surface area contributed by atoms with Crippen LogP contribution in [0.15, 0.2) is 0 Å². The molecule has 2 saturated heterocycles. The molecule has 3 fully saturated rings. The molecule has 0 aromatic rings. The number of nitrogens with one attached hydrogen (secondary N) is 1. The third-order valence-electron chi connectivity index (χ3n) is 5.83. The minimum atomic E-state index is -2.99. The second kappa shape index (κ2) is 6.29. The Balaban J connectivity index is 1.70. The number of hydrogen-bond donors (Lipinski definition) is 1. The van der Waals surface area contributed by atoms with Gasteiger partial charge in [0.2, 0.25) is 0 Å². The van der Waals surface area contributed by atoms with Crippen molar-refractivity contribution >= 4 is 21.8 Å². The maximum atomic E-state index is 12.9. The molecule has 0 radical (unpaired) electrons. The number of rotatable bonds is 4. The zero-order chi connectivity index (χ0) is 17.5. The molecule has 1 saturated carbocycles. The maximum Gasteiger partial charge on any atom is 0.326 e. The van der Waals surface area contributed by atoms with Gasteiger partial charge in [0.05, 0.1) is 18.2 Å². The van der Waals surface area contributed by atoms with E-state index < -0.39 is 15.4 Å². The van der Waals surface area contributed by atoms with E-state index in [0.29, 0.717) is 31.7 Å². The molecule has 0 aromatic carbocycles. The van der Waals surface area contributed by atoms with E-state index in [1.54, 1.807) is 0 Å². The normalized spacial score (nSPS) is 35.9. The largest absolute Gasteiger partial charge is 0.326 e. The number of imide groups is 1. The van der Waals surface area contributed by atoms with Crippen LogP contribution in [0.1, 0.15) is 46.0 Å². The third kappa shape index (κ3) is 3.18. The molecule has 2 aliphatic heterocycles. The zero-order valence-corrected chi connectivity index (χ0v) is 15.3. The first-order chi connectivity index (χ1) is 11.3. The fourth-order valence-corrected chi connectivity index (χ4v) is 5.88. The van der Waals surface area contributed by atoms with Crippen LogP contribution in [0.25, 0.3) is 0 Å². The van der Waals surface area contributed by atoms with Crippen LogP contribution in [0.2, 0.25) is 0 Å². The van der Waals surface area contributed by atoms with Crippen LogP contribution in [-0.4, -0.2) is 66.5 Å². The Morgan fingerprint density at radius 2 is 1.92 bits per heavy atom. The first kappa shape index (κ1) is 17.7. The molecule has 0 aromatic heterocycles. The van der Waals surface area contributed by atoms with Crippen molar-refractivity contribution < 1.29 is 18.0 Å². The van der Waals surface area contributed by atoms with Gasteiger partial charge >= 0.3 is 6.03 Å². The monoisotopic (exact) mass is 357 g/mol. The van der Waals surface area contributed by atoms with Gasteiger partial charge in [-0.2, -0.15) is 0 Å². The molecule has 1 atom stereocenters. The van der Waals surface area contributed by atoms with Crippen LogP contribution in [-0.2, 0) is 14.6 Å². The molecule has 136 valence electrons. The van der Waals surface area contributed by atoms with Crippen molar-refractivity contribution in [3.8, 4) is 0 Å². The zero-order valence-electron chi connectivity index (χ0n) is 14.5. The molecule has 3 rings (SSSR count). The highest BCUT2D eigenvalue weighted by Crippen LogP contribution is 2.36. The molecule has 8 heteroatoms. The quantitative estimate of drug-likeness (QED) is 0.757. The van der Waals surface area contributed by atoms with Gasteiger partial charge in [0.1, 0.15) is 5.54 Å². The molecule has 1 unspecified atom stereocenters. The molecule has 7 nitrogen and oxygen atoms in total. The molecule has 1 N–H and O–H groups in total. The van der Waals surface area contributed by atoms with Crippen molar-refractivity contribution in [2.45, 2.75) is 57.5 Å². The molecule has 0 bridgehead atoms. The topological polar surface area (TPSA) is 86.8 Å². The first-order valence-electron chi connectivity index (χ1n) is 8.85. The third-order valence-corrected chi connectivity index (χ3v) is 7.58. The number of carbonyl (C=O) groups excluding carboxylic acids is 2. The molecule has 3 aliphatic rings. The number of urea groups is 1. The van der Waals surface area contributed by atoms with Crippen LogP contribution in [0.3, 0.4) is 0 Å². The molecule has 3 amide bonds. The van der Waals surface area contributed by atoms with Crippen LogP contribution in [0.4, 0.5) is 4.79 Å². The summed E-state index contributed by atoms with van der Waals surface area (Å²) in [6, 6.07) is -0.447. The summed E-state index contributed by atoms with van der Waals surface area (Å²) in [7, 11) is -2.99. The molecular weight excluding hydrogens is 330 g/mol. The van der Waals surface area contributed by atoms with Crippen LogP contribution >= 0.6 is 0 Å². The summed E-state index contributed by atoms with van der Waals surface area (Å²) in [5.41, 5.74) is -0.731. The lowest BCUT2D eigenvalue weighted by Crippen LogP contribution is -2.50. The standard InChI is InChI=1S/C16H27N3O4S/c1-3-18(13-6-9-24(22,23)10-13)11-19-14(20)16(17-15(19)21)7-4-12(2)5-8-16/h12-13H,3-11H2,1-2H3,(H,17,21). The van der Waals surface area contributed by atoms with E-state index in [9.17, 15) is 18.0 Å². The average Bonchev–Trinajstić information content (AvgIpc) is 2.99. The Labute approximate surface area is 143 Å². The Kier molecular flexibility index (Phi) is 4.63. The van der Waals surface area contributed by atoms with Gasteiger partial charge in [0, 0.05) is 6.04 Å². The summed E-state index contributed by atoms with van der Waals surface area (Å²) in [6.45, 7) is 4.90. The lowest BCUT2D eigenvalue weighted by Gasteiger charge is -2.34. The van der Waals surface area contributed by atoms with E-state index in [4.69, 9.17) is 0 Å². The van der Waals surface area contributed by atoms with E-state index in [0.717, 1.165) is 12.8 Å². The van der Waals surface area contributed by atoms with Crippen molar-refractivity contribution in [2.75, 3.05) is 24.7 Å². The van der Waals surface area contributed by atoms with Gasteiger partial charge in [0.15, 0.2) is 9.84 Å². The van der Waals surface area contributed by atoms with Crippen LogP contribution in [0, 0.1) is 5.92 Å². The van der Waals surface area contributed by atoms with Crippen molar-refractivity contribution in [1.29, 1.82) is 0 Å². The second-order valence-electron chi connectivity index (χ2n) is 7.53. The van der Waals surface area contributed by atoms with Crippen LogP contribution in [0.5, 0.6) is 0 Å². The second-order valence-corrected chi connectivity index (χ2v) is 9.76. The Morgan fingerprint density at radius 3 is 2.46 bits per heavy atom. The smallest absolute Gasteiger partial charge is 0.323 e. The van der Waals surface area contributed by atoms with Crippen LogP contribution < -0.4 is 5.32 Å². The van der Waals surface area contributed by atoms with Gasteiger partial charge in [-0.15, -0.1) is 0 Å². The fourth-order valence-electron chi connectivity index (χ4n) is 4.12. The van der Waals surface area contributed by atoms with E-state index in [1.807, 2.05) is 11.8 Å². The molecule has 2 heterocycles. The molecular formula is C16H27N3O4S. The highest BCUT2D eigenvalue weighted by Gasteiger charge is 2.52. The fraction of sp³-hybridized carbons (Fsp3) is 0.875. The summed E-state index contributed by atoms with van der Waals surface area (Å²) in [4.78, 5) is 28.5. The van der Waals surface area contributed by atoms with E-state index >= 15 is 0 Å². The SMILES string of the molecule is CCN(CN1C(=O)NC2(CCC(C)CC2)C1=O)C1CCS(=O)(=O)C1. The number of hydrogen-bond acceptors (Lipinski definition) is 5. The van der Waals surface area contributed by atoms with Gasteiger partial charge < -0.3 is 5.32 Å². The lowest BCUT2D eigenvalue weighted by molar-refractivity contribution is -0.134. The van der Waals surface area contributed by atoms with Crippen molar-refractivity contribution in [2.24, 2.45) is 5.92 Å². The molecule has 24 heavy (non-hydrogen) atoms. The highest BCUT2D eigenvalue weighted by atomic mass is 32.2. The molecule has 1 aliphatic carbocycles. The predicted octanol–water partition coefficient (Wildman–Crippen LogP) is 0.954. The van der Waals surface area contributed by atoms with Gasteiger partial charge in [-0.3, -0.25) is 9.69 Å². The predicted molar refractivity (Wildman–Crippen MR) is 90.0 cm³/mol. The number of amides is 3. The Bertz CT molecular complexity index is 625. The van der Waals surface area contributed by atoms with Crippen molar-refractivity contribution in [3.63, 3.8) is 0 Å². The number of carbonyl (C=O) groups is 2. The summed E-state index contributed by atoms with van der Waals surface area (Å²) < 4.78 is 23.4. The van der Waals surface area contributed by atoms with Gasteiger partial charge in [-0.1, -0.05) is 13.8 Å². The summed E-state index contributed by atoms with van der Waals surface area (Å²) in [5, 5.41) is 2.92. The van der Waals surface area contributed by atoms with Crippen molar-refractivity contribution in [1.82, 2.24) is 15.1 Å². The summed E-state index contributed by atoms with van der Waals surface area (Å²) >= 11 is 0. The summed E-state index contributed by atoms with van der Waals surface area (Å²) in [6.07, 6.45) is 3.84. The Morgan fingerprint density at radius 1 is 1.25 bits per heavy atom. The van der Waals surface area contributed by atoms with E-state index in [1.165, 1.54) is 4.90 Å². The number of nitrogens with zero attached hydrogens (tertiary/aromatic N) is 2. The summed E-state index contributed by atoms with van der Waals surface area (Å²) in [5.74, 6) is 0.757. The van der Waals surface area contributed by atoms with E-state index in [2.05, 4.69) is 12.2 Å². The highest BCUT2D eigenvalue weighted by molar-refractivity contribution is 7.91. The minimum absolute atomic E-state index is 0.108. The molecule has 1 spiro atoms. The van der Waals surface area contributed by atoms with E-state index in [-0.39, 0.29) is 36.2 Å². The minimum Gasteiger partial charge on any atom is -0.323 e. The van der Waals surface area contributed by atoms with Gasteiger partial charge in [0.25, 0.3) is 5.91 Å². The lowest BCUT2D eigenvalue weighted by atomic mass is 9.77. The van der Waals surface area contributed by atoms with Gasteiger partial charge in [-0.05, 0) is 44.6 Å².